The zero-order chi connectivity index (χ0) is 16.2. The number of likely N-dealkylation sites (tertiary alicyclic amines) is 1. The Morgan fingerprint density at radius 1 is 1.13 bits per heavy atom. The number of thiophene rings is 1. The van der Waals surface area contributed by atoms with Crippen LogP contribution in [0.4, 0.5) is 0 Å². The number of hydrogen-bond donors (Lipinski definition) is 1. The Kier molecular flexibility index (Phi) is 6.13. The fourth-order valence-corrected chi connectivity index (χ4v) is 5.40. The molecule has 0 aromatic carbocycles. The topological polar surface area (TPSA) is 26.7 Å². The normalized spacial score (nSPS) is 27.7. The van der Waals surface area contributed by atoms with Gasteiger partial charge in [0.1, 0.15) is 0 Å². The van der Waals surface area contributed by atoms with Gasteiger partial charge in [0.15, 0.2) is 0 Å². The Labute approximate surface area is 145 Å². The molecule has 0 unspecified atom stereocenters. The molecule has 1 saturated carbocycles. The van der Waals surface area contributed by atoms with E-state index in [0.29, 0.717) is 18.6 Å². The van der Waals surface area contributed by atoms with Crippen LogP contribution in [0, 0.1) is 5.92 Å². The molecule has 2 aliphatic rings. The van der Waals surface area contributed by atoms with Crippen LogP contribution in [-0.4, -0.2) is 54.7 Å². The highest BCUT2D eigenvalue weighted by atomic mass is 32.1. The van der Waals surface area contributed by atoms with Gasteiger partial charge in [-0.15, -0.1) is 11.3 Å². The highest BCUT2D eigenvalue weighted by molar-refractivity contribution is 7.12. The molecule has 0 amide bonds. The van der Waals surface area contributed by atoms with E-state index in [0.717, 1.165) is 32.0 Å². The van der Waals surface area contributed by atoms with E-state index in [2.05, 4.69) is 36.0 Å². The van der Waals surface area contributed by atoms with Gasteiger partial charge in [-0.25, -0.2) is 0 Å². The maximum atomic E-state index is 9.63. The fourth-order valence-electron chi connectivity index (χ4n) is 4.18. The van der Waals surface area contributed by atoms with Gasteiger partial charge in [-0.05, 0) is 63.7 Å². The zero-order valence-corrected chi connectivity index (χ0v) is 15.5. The molecule has 0 bridgehead atoms. The van der Waals surface area contributed by atoms with Gasteiger partial charge in [-0.1, -0.05) is 12.8 Å². The lowest BCUT2D eigenvalue weighted by Gasteiger charge is -2.28. The van der Waals surface area contributed by atoms with Crippen LogP contribution in [-0.2, 0) is 6.54 Å². The molecule has 23 heavy (non-hydrogen) atoms. The standard InChI is InChI=1S/C19H32N2OS/c1-20(2)17-8-7-15(14-22)11-21(12-17)13-18-9-10-19(23-18)16-5-3-4-6-16/h9-10,15-17,22H,3-8,11-14H2,1-2H3/t15-,17+/m0/s1. The molecule has 0 spiro atoms. The van der Waals surface area contributed by atoms with E-state index in [9.17, 15) is 5.11 Å². The van der Waals surface area contributed by atoms with Gasteiger partial charge in [-0.2, -0.15) is 0 Å². The van der Waals surface area contributed by atoms with E-state index in [1.54, 1.807) is 4.88 Å². The van der Waals surface area contributed by atoms with Crippen molar-refractivity contribution in [1.82, 2.24) is 9.80 Å². The Balaban J connectivity index is 1.64. The highest BCUT2D eigenvalue weighted by Gasteiger charge is 2.26. The van der Waals surface area contributed by atoms with Crippen LogP contribution in [0.25, 0.3) is 0 Å². The maximum Gasteiger partial charge on any atom is 0.0471 e. The Hall–Kier alpha value is -0.420. The van der Waals surface area contributed by atoms with Crippen molar-refractivity contribution in [2.24, 2.45) is 5.92 Å². The Morgan fingerprint density at radius 3 is 2.61 bits per heavy atom. The maximum absolute atomic E-state index is 9.63. The second-order valence-electron chi connectivity index (χ2n) is 7.72. The minimum absolute atomic E-state index is 0.328. The van der Waals surface area contributed by atoms with E-state index in [1.807, 2.05) is 11.3 Å². The fraction of sp³-hybridized carbons (Fsp3) is 0.789. The lowest BCUT2D eigenvalue weighted by atomic mass is 10.0. The van der Waals surface area contributed by atoms with Crippen LogP contribution in [0.15, 0.2) is 12.1 Å². The smallest absolute Gasteiger partial charge is 0.0471 e. The SMILES string of the molecule is CN(C)[C@@H]1CC[C@H](CO)CN(Cc2ccc(C3CCCC3)s2)C1. The summed E-state index contributed by atoms with van der Waals surface area (Å²) in [5.41, 5.74) is 0. The van der Waals surface area contributed by atoms with Crippen LogP contribution in [0.3, 0.4) is 0 Å². The number of nitrogens with zero attached hydrogens (tertiary/aromatic N) is 2. The second-order valence-corrected chi connectivity index (χ2v) is 8.92. The van der Waals surface area contributed by atoms with Gasteiger partial charge in [0.25, 0.3) is 0 Å². The van der Waals surface area contributed by atoms with Gasteiger partial charge in [-0.3, -0.25) is 4.90 Å². The van der Waals surface area contributed by atoms with Crippen molar-refractivity contribution >= 4 is 11.3 Å². The number of aliphatic hydroxyl groups excluding tert-OH is 1. The van der Waals surface area contributed by atoms with Crippen LogP contribution >= 0.6 is 11.3 Å². The predicted molar refractivity (Wildman–Crippen MR) is 98.1 cm³/mol. The molecule has 3 nitrogen and oxygen atoms in total. The average Bonchev–Trinajstić information content (AvgIpc) is 3.16. The zero-order valence-electron chi connectivity index (χ0n) is 14.7. The van der Waals surface area contributed by atoms with Gasteiger partial charge in [0, 0.05) is 42.0 Å². The molecule has 1 aliphatic heterocycles. The van der Waals surface area contributed by atoms with Gasteiger partial charge in [0.2, 0.25) is 0 Å². The van der Waals surface area contributed by atoms with Crippen LogP contribution in [0.1, 0.15) is 54.2 Å². The minimum atomic E-state index is 0.328. The number of hydrogen-bond acceptors (Lipinski definition) is 4. The molecular formula is C19H32N2OS. The van der Waals surface area contributed by atoms with Gasteiger partial charge in [0.05, 0.1) is 0 Å². The molecule has 2 fully saturated rings. The Morgan fingerprint density at radius 2 is 1.91 bits per heavy atom. The van der Waals surface area contributed by atoms with E-state index in [4.69, 9.17) is 0 Å². The van der Waals surface area contributed by atoms with Crippen molar-refractivity contribution in [2.75, 3.05) is 33.8 Å². The minimum Gasteiger partial charge on any atom is -0.396 e. The molecule has 3 rings (SSSR count). The molecule has 2 heterocycles. The summed E-state index contributed by atoms with van der Waals surface area (Å²) in [7, 11) is 4.37. The number of likely N-dealkylation sites (N-methyl/N-ethyl adjacent to an activating group) is 1. The summed E-state index contributed by atoms with van der Waals surface area (Å²) in [6.07, 6.45) is 7.94. The van der Waals surface area contributed by atoms with E-state index >= 15 is 0 Å². The third-order valence-electron chi connectivity index (χ3n) is 5.70. The summed E-state index contributed by atoms with van der Waals surface area (Å²) in [5.74, 6) is 1.27. The summed E-state index contributed by atoms with van der Waals surface area (Å²) in [4.78, 5) is 8.03. The summed E-state index contributed by atoms with van der Waals surface area (Å²) >= 11 is 2.03. The van der Waals surface area contributed by atoms with Crippen LogP contribution < -0.4 is 0 Å². The molecule has 1 aromatic rings. The first-order valence-corrected chi connectivity index (χ1v) is 10.1. The second kappa shape index (κ2) is 8.11. The van der Waals surface area contributed by atoms with Crippen molar-refractivity contribution in [3.63, 3.8) is 0 Å². The summed E-state index contributed by atoms with van der Waals surface area (Å²) in [6, 6.07) is 5.34. The quantitative estimate of drug-likeness (QED) is 0.891. The van der Waals surface area contributed by atoms with Crippen molar-refractivity contribution in [1.29, 1.82) is 0 Å². The predicted octanol–water partition coefficient (Wildman–Crippen LogP) is 3.54. The monoisotopic (exact) mass is 336 g/mol. The average molecular weight is 337 g/mol. The lowest BCUT2D eigenvalue weighted by Crippen LogP contribution is -2.39. The molecule has 4 heteroatoms. The largest absolute Gasteiger partial charge is 0.396 e. The van der Waals surface area contributed by atoms with E-state index in [1.165, 1.54) is 37.0 Å². The first kappa shape index (κ1) is 17.4. The number of aliphatic hydroxyl groups is 1. The van der Waals surface area contributed by atoms with Gasteiger partial charge >= 0.3 is 0 Å². The molecule has 1 saturated heterocycles. The van der Waals surface area contributed by atoms with Gasteiger partial charge < -0.3 is 10.0 Å². The summed E-state index contributed by atoms with van der Waals surface area (Å²) < 4.78 is 0. The van der Waals surface area contributed by atoms with Crippen molar-refractivity contribution in [2.45, 2.75) is 57.0 Å². The third kappa shape index (κ3) is 4.56. The van der Waals surface area contributed by atoms with Crippen molar-refractivity contribution in [3.05, 3.63) is 21.9 Å². The molecule has 1 aromatic heterocycles. The first-order chi connectivity index (χ1) is 11.2. The molecular weight excluding hydrogens is 304 g/mol. The van der Waals surface area contributed by atoms with E-state index < -0.39 is 0 Å². The molecule has 130 valence electrons. The lowest BCUT2D eigenvalue weighted by molar-refractivity contribution is 0.159. The molecule has 2 atom stereocenters. The summed E-state index contributed by atoms with van der Waals surface area (Å²) in [5, 5.41) is 9.63. The molecule has 1 aliphatic carbocycles. The van der Waals surface area contributed by atoms with E-state index in [-0.39, 0.29) is 0 Å². The molecule has 1 N–H and O–H groups in total. The first-order valence-electron chi connectivity index (χ1n) is 9.24. The third-order valence-corrected chi connectivity index (χ3v) is 6.93. The summed E-state index contributed by atoms with van der Waals surface area (Å²) in [6.45, 7) is 3.55. The molecule has 0 radical (unpaired) electrons. The Bertz CT molecular complexity index is 481. The van der Waals surface area contributed by atoms with Crippen LogP contribution in [0.2, 0.25) is 0 Å². The highest BCUT2D eigenvalue weighted by Crippen LogP contribution is 2.38. The van der Waals surface area contributed by atoms with Crippen molar-refractivity contribution < 1.29 is 5.11 Å². The van der Waals surface area contributed by atoms with Crippen molar-refractivity contribution in [3.8, 4) is 0 Å². The van der Waals surface area contributed by atoms with Crippen LogP contribution in [0.5, 0.6) is 0 Å². The number of rotatable bonds is 5.